The minimum Gasteiger partial charge on any atom is -0.364 e. The van der Waals surface area contributed by atoms with Crippen LogP contribution in [0.15, 0.2) is 0 Å². The Bertz CT molecular complexity index is 253. The molecule has 0 fully saturated rings. The van der Waals surface area contributed by atoms with Crippen LogP contribution in [0.5, 0.6) is 0 Å². The summed E-state index contributed by atoms with van der Waals surface area (Å²) >= 11 is 0. The standard InChI is InChI=1S/C10H22BN4O2/c1-9(2,3)12-7(16)14-11-15-8(17)13-10(4,5)6/h1-6H3,(H2,12,14,16)(H2,13,15,17). The molecule has 0 heterocycles. The first-order valence-electron chi connectivity index (χ1n) is 5.49. The molecule has 0 rings (SSSR count). The predicted octanol–water partition coefficient (Wildman–Crippen LogP) is 0.716. The van der Waals surface area contributed by atoms with Gasteiger partial charge in [-0.2, -0.15) is 0 Å². The fourth-order valence-electron chi connectivity index (χ4n) is 0.921. The van der Waals surface area contributed by atoms with Gasteiger partial charge >= 0.3 is 19.6 Å². The van der Waals surface area contributed by atoms with Crippen LogP contribution in [-0.2, 0) is 0 Å². The predicted molar refractivity (Wildman–Crippen MR) is 68.6 cm³/mol. The first-order chi connectivity index (χ1) is 7.49. The topological polar surface area (TPSA) is 82.3 Å². The summed E-state index contributed by atoms with van der Waals surface area (Å²) in [4.78, 5) is 22.6. The number of urea groups is 2. The Labute approximate surface area is 104 Å². The Morgan fingerprint density at radius 2 is 1.06 bits per heavy atom. The highest BCUT2D eigenvalue weighted by molar-refractivity contribution is 6.38. The van der Waals surface area contributed by atoms with Gasteiger partial charge in [0.25, 0.3) is 0 Å². The van der Waals surface area contributed by atoms with E-state index < -0.39 is 0 Å². The highest BCUT2D eigenvalue weighted by Gasteiger charge is 2.15. The summed E-state index contributed by atoms with van der Waals surface area (Å²) in [6, 6.07) is -0.734. The minimum atomic E-state index is -0.367. The zero-order valence-electron chi connectivity index (χ0n) is 11.4. The zero-order valence-corrected chi connectivity index (χ0v) is 11.4. The molecule has 0 saturated carbocycles. The third-order valence-electron chi connectivity index (χ3n) is 1.38. The number of carbonyl (C=O) groups is 2. The number of hydrogen-bond donors (Lipinski definition) is 4. The van der Waals surface area contributed by atoms with E-state index in [1.807, 2.05) is 41.5 Å². The molecule has 0 atom stereocenters. The molecule has 0 unspecified atom stereocenters. The molecule has 0 spiro atoms. The van der Waals surface area contributed by atoms with Crippen molar-refractivity contribution in [3.8, 4) is 0 Å². The van der Waals surface area contributed by atoms with Gasteiger partial charge in [-0.25, -0.2) is 0 Å². The van der Waals surface area contributed by atoms with Gasteiger partial charge in [-0.05, 0) is 41.5 Å². The van der Waals surface area contributed by atoms with Gasteiger partial charge in [0.2, 0.25) is 0 Å². The van der Waals surface area contributed by atoms with Gasteiger partial charge in [-0.15, -0.1) is 0 Å². The molecular formula is C10H22BN4O2. The largest absolute Gasteiger partial charge is 0.393 e. The number of rotatable bonds is 2. The molecule has 1 radical (unpaired) electrons. The van der Waals surface area contributed by atoms with Gasteiger partial charge in [0.1, 0.15) is 0 Å². The molecule has 0 aromatic heterocycles. The number of nitrogens with one attached hydrogen (secondary N) is 4. The van der Waals surface area contributed by atoms with Crippen molar-refractivity contribution in [3.05, 3.63) is 0 Å². The van der Waals surface area contributed by atoms with Gasteiger partial charge in [-0.3, -0.25) is 9.59 Å². The van der Waals surface area contributed by atoms with Crippen molar-refractivity contribution >= 4 is 19.6 Å². The fraction of sp³-hybridized carbons (Fsp3) is 0.800. The van der Waals surface area contributed by atoms with Crippen molar-refractivity contribution in [1.82, 2.24) is 21.1 Å². The van der Waals surface area contributed by atoms with E-state index in [9.17, 15) is 9.59 Å². The van der Waals surface area contributed by atoms with Gasteiger partial charge in [0, 0.05) is 11.1 Å². The average Bonchev–Trinajstić information content (AvgIpc) is 1.95. The summed E-state index contributed by atoms with van der Waals surface area (Å²) in [5.41, 5.74) is -0.628. The second-order valence-corrected chi connectivity index (χ2v) is 5.84. The molecule has 0 saturated heterocycles. The van der Waals surface area contributed by atoms with Crippen LogP contribution in [-0.4, -0.2) is 30.7 Å². The monoisotopic (exact) mass is 241 g/mol. The molecule has 0 aliphatic heterocycles. The fourth-order valence-corrected chi connectivity index (χ4v) is 0.921. The Morgan fingerprint density at radius 1 is 0.765 bits per heavy atom. The third-order valence-corrected chi connectivity index (χ3v) is 1.38. The summed E-state index contributed by atoms with van der Waals surface area (Å²) in [7, 11) is 1.20. The van der Waals surface area contributed by atoms with Crippen molar-refractivity contribution < 1.29 is 9.59 Å². The molecule has 0 aliphatic carbocycles. The summed E-state index contributed by atoms with van der Waals surface area (Å²) in [5, 5.41) is 10.2. The Balaban J connectivity index is 3.78. The highest BCUT2D eigenvalue weighted by Crippen LogP contribution is 1.97. The van der Waals surface area contributed by atoms with Gasteiger partial charge < -0.3 is 21.1 Å². The Morgan fingerprint density at radius 3 is 1.29 bits per heavy atom. The first kappa shape index (κ1) is 15.6. The number of amides is 4. The molecule has 17 heavy (non-hydrogen) atoms. The van der Waals surface area contributed by atoms with Crippen molar-refractivity contribution in [1.29, 1.82) is 0 Å². The second-order valence-electron chi connectivity index (χ2n) is 5.84. The van der Waals surface area contributed by atoms with Gasteiger partial charge in [-0.1, -0.05) is 0 Å². The van der Waals surface area contributed by atoms with Crippen LogP contribution in [0.25, 0.3) is 0 Å². The van der Waals surface area contributed by atoms with E-state index in [4.69, 9.17) is 0 Å². The van der Waals surface area contributed by atoms with Crippen molar-refractivity contribution in [2.75, 3.05) is 0 Å². The average molecular weight is 241 g/mol. The molecule has 4 amide bonds. The molecular weight excluding hydrogens is 219 g/mol. The van der Waals surface area contributed by atoms with Crippen LogP contribution in [0, 0.1) is 0 Å². The summed E-state index contributed by atoms with van der Waals surface area (Å²) < 4.78 is 0. The van der Waals surface area contributed by atoms with Crippen LogP contribution in [0.2, 0.25) is 0 Å². The normalized spacial score (nSPS) is 11.4. The van der Waals surface area contributed by atoms with Gasteiger partial charge in [0.15, 0.2) is 0 Å². The molecule has 0 bridgehead atoms. The van der Waals surface area contributed by atoms with E-state index in [0.29, 0.717) is 0 Å². The smallest absolute Gasteiger partial charge is 0.364 e. The molecule has 6 nitrogen and oxygen atoms in total. The van der Waals surface area contributed by atoms with Crippen LogP contribution >= 0.6 is 0 Å². The van der Waals surface area contributed by atoms with Crippen molar-refractivity contribution in [2.45, 2.75) is 52.6 Å². The lowest BCUT2D eigenvalue weighted by Crippen LogP contribution is -2.54. The SMILES string of the molecule is CC(C)(C)NC(=O)N[B]NC(=O)NC(C)(C)C. The van der Waals surface area contributed by atoms with E-state index in [1.54, 1.807) is 0 Å². The summed E-state index contributed by atoms with van der Waals surface area (Å²) in [6.45, 7) is 11.2. The summed E-state index contributed by atoms with van der Waals surface area (Å²) in [6.07, 6.45) is 0. The molecule has 0 aromatic carbocycles. The van der Waals surface area contributed by atoms with Crippen LogP contribution in [0.3, 0.4) is 0 Å². The number of carbonyl (C=O) groups excluding carboxylic acids is 2. The molecule has 97 valence electrons. The molecule has 4 N–H and O–H groups in total. The van der Waals surface area contributed by atoms with Crippen LogP contribution in [0.4, 0.5) is 9.59 Å². The molecule has 7 heteroatoms. The molecule has 0 aromatic rings. The van der Waals surface area contributed by atoms with Crippen molar-refractivity contribution in [2.24, 2.45) is 0 Å². The molecule has 0 aliphatic rings. The minimum absolute atomic E-state index is 0.314. The van der Waals surface area contributed by atoms with E-state index in [-0.39, 0.29) is 23.1 Å². The number of hydrogen-bond acceptors (Lipinski definition) is 2. The lowest BCUT2D eigenvalue weighted by molar-refractivity contribution is 0.236. The maximum Gasteiger partial charge on any atom is 0.393 e. The Hall–Kier alpha value is -1.40. The summed E-state index contributed by atoms with van der Waals surface area (Å²) in [5.74, 6) is 0. The zero-order chi connectivity index (χ0) is 13.7. The van der Waals surface area contributed by atoms with E-state index in [2.05, 4.69) is 21.1 Å². The van der Waals surface area contributed by atoms with Crippen molar-refractivity contribution in [3.63, 3.8) is 0 Å². The van der Waals surface area contributed by atoms with E-state index in [1.165, 1.54) is 7.55 Å². The third kappa shape index (κ3) is 10.9. The van der Waals surface area contributed by atoms with E-state index in [0.717, 1.165) is 0 Å². The quantitative estimate of drug-likeness (QED) is 0.537. The highest BCUT2D eigenvalue weighted by atomic mass is 16.2. The van der Waals surface area contributed by atoms with Crippen LogP contribution < -0.4 is 21.1 Å². The van der Waals surface area contributed by atoms with Crippen LogP contribution in [0.1, 0.15) is 41.5 Å². The maximum absolute atomic E-state index is 11.3. The van der Waals surface area contributed by atoms with Gasteiger partial charge in [0.05, 0.1) is 0 Å². The maximum atomic E-state index is 11.3. The first-order valence-corrected chi connectivity index (χ1v) is 5.49. The second kappa shape index (κ2) is 5.79. The Kier molecular flexibility index (Phi) is 5.32. The lowest BCUT2D eigenvalue weighted by atomic mass is 10.1. The van der Waals surface area contributed by atoms with E-state index >= 15 is 0 Å². The lowest BCUT2D eigenvalue weighted by Gasteiger charge is -2.22.